The highest BCUT2D eigenvalue weighted by atomic mass is 16.5. The van der Waals surface area contributed by atoms with E-state index in [2.05, 4.69) is 13.8 Å². The third-order valence-corrected chi connectivity index (χ3v) is 6.23. The van der Waals surface area contributed by atoms with Crippen LogP contribution in [0.4, 0.5) is 0 Å². The van der Waals surface area contributed by atoms with Crippen LogP contribution in [0, 0.1) is 5.41 Å². The number of carboxylic acids is 2. The number of unbranched alkanes of at least 4 members (excludes halogenated alkanes) is 10. The Balaban J connectivity index is 4.48. The van der Waals surface area contributed by atoms with Gasteiger partial charge in [0, 0.05) is 32.8 Å². The van der Waals surface area contributed by atoms with E-state index >= 15 is 0 Å². The zero-order chi connectivity index (χ0) is 23.9. The van der Waals surface area contributed by atoms with E-state index in [0.717, 1.165) is 51.4 Å². The summed E-state index contributed by atoms with van der Waals surface area (Å²) in [6, 6.07) is 0. The van der Waals surface area contributed by atoms with Crippen LogP contribution in [0.1, 0.15) is 123 Å². The molecule has 32 heavy (non-hydrogen) atoms. The average Bonchev–Trinajstić information content (AvgIpc) is 2.76. The molecule has 0 heterocycles. The van der Waals surface area contributed by atoms with E-state index in [1.807, 2.05) is 0 Å². The highest BCUT2D eigenvalue weighted by Crippen LogP contribution is 2.34. The van der Waals surface area contributed by atoms with E-state index in [1.165, 1.54) is 25.7 Å². The molecule has 0 aromatic carbocycles. The monoisotopic (exact) mass is 458 g/mol. The van der Waals surface area contributed by atoms with Gasteiger partial charge in [0.15, 0.2) is 0 Å². The van der Waals surface area contributed by atoms with Gasteiger partial charge in [-0.3, -0.25) is 9.59 Å². The fourth-order valence-corrected chi connectivity index (χ4v) is 3.97. The van der Waals surface area contributed by atoms with Crippen molar-refractivity contribution in [3.63, 3.8) is 0 Å². The lowest BCUT2D eigenvalue weighted by atomic mass is 9.77. The lowest BCUT2D eigenvalue weighted by molar-refractivity contribution is -0.152. The first kappa shape index (κ1) is 30.9. The summed E-state index contributed by atoms with van der Waals surface area (Å²) in [5, 5.41) is 18.8. The Labute approximate surface area is 196 Å². The van der Waals surface area contributed by atoms with Gasteiger partial charge in [-0.05, 0) is 38.5 Å². The molecule has 0 unspecified atom stereocenters. The molecule has 0 fully saturated rings. The normalized spacial score (nSPS) is 11.7. The molecule has 0 bridgehead atoms. The Morgan fingerprint density at radius 3 is 1.53 bits per heavy atom. The first-order valence-electron chi connectivity index (χ1n) is 13.1. The standard InChI is InChI=1S/C26H50O6/c1-3-5-7-14-20-31-22-18-26(25(29)30,19-23-32-21-15-8-6-4-2)17-13-11-9-10-12-16-24(27)28/h3-23H2,1-2H3,(H,27,28)(H,29,30). The van der Waals surface area contributed by atoms with Crippen LogP contribution < -0.4 is 0 Å². The predicted octanol–water partition coefficient (Wildman–Crippen LogP) is 6.85. The smallest absolute Gasteiger partial charge is 0.309 e. The SMILES string of the molecule is CCCCCCOCCC(CCCCCCCC(=O)O)(CCOCCCCCC)C(=O)O. The van der Waals surface area contributed by atoms with Crippen LogP contribution in [-0.2, 0) is 19.1 Å². The van der Waals surface area contributed by atoms with E-state index < -0.39 is 17.4 Å². The number of carboxylic acid groups (broad SMARTS) is 2. The van der Waals surface area contributed by atoms with Gasteiger partial charge in [-0.15, -0.1) is 0 Å². The maximum atomic E-state index is 12.3. The molecule has 0 spiro atoms. The molecule has 0 amide bonds. The zero-order valence-electron chi connectivity index (χ0n) is 20.9. The molecule has 0 radical (unpaired) electrons. The molecule has 0 rings (SSSR count). The molecule has 0 aliphatic rings. The number of ether oxygens (including phenoxy) is 2. The third kappa shape index (κ3) is 17.4. The highest BCUT2D eigenvalue weighted by Gasteiger charge is 2.37. The topological polar surface area (TPSA) is 93.1 Å². The molecule has 190 valence electrons. The average molecular weight is 459 g/mol. The minimum atomic E-state index is -0.798. The van der Waals surface area contributed by atoms with E-state index in [-0.39, 0.29) is 6.42 Å². The van der Waals surface area contributed by atoms with Gasteiger partial charge in [-0.1, -0.05) is 78.1 Å². The van der Waals surface area contributed by atoms with Crippen LogP contribution in [0.2, 0.25) is 0 Å². The third-order valence-electron chi connectivity index (χ3n) is 6.23. The number of aliphatic carboxylic acids is 2. The van der Waals surface area contributed by atoms with Gasteiger partial charge in [0.1, 0.15) is 0 Å². The minimum Gasteiger partial charge on any atom is -0.481 e. The van der Waals surface area contributed by atoms with Gasteiger partial charge in [-0.2, -0.15) is 0 Å². The van der Waals surface area contributed by atoms with Crippen molar-refractivity contribution in [3.8, 4) is 0 Å². The summed E-state index contributed by atoms with van der Waals surface area (Å²) in [6.07, 6.45) is 15.4. The maximum Gasteiger partial charge on any atom is 0.309 e. The van der Waals surface area contributed by atoms with Crippen molar-refractivity contribution in [1.82, 2.24) is 0 Å². The van der Waals surface area contributed by atoms with Crippen molar-refractivity contribution in [1.29, 1.82) is 0 Å². The summed E-state index contributed by atoms with van der Waals surface area (Å²) in [6.45, 7) is 6.72. The fourth-order valence-electron chi connectivity index (χ4n) is 3.97. The second-order valence-electron chi connectivity index (χ2n) is 9.09. The van der Waals surface area contributed by atoms with Crippen LogP contribution in [0.5, 0.6) is 0 Å². The van der Waals surface area contributed by atoms with Gasteiger partial charge < -0.3 is 19.7 Å². The van der Waals surface area contributed by atoms with Crippen LogP contribution in [0.3, 0.4) is 0 Å². The molecule has 6 heteroatoms. The quantitative estimate of drug-likeness (QED) is 0.145. The van der Waals surface area contributed by atoms with Gasteiger partial charge in [0.05, 0.1) is 5.41 Å². The second-order valence-corrected chi connectivity index (χ2v) is 9.09. The van der Waals surface area contributed by atoms with Crippen LogP contribution in [-0.4, -0.2) is 48.6 Å². The molecule has 0 saturated heterocycles. The Kier molecular flexibility index (Phi) is 20.9. The van der Waals surface area contributed by atoms with E-state index in [9.17, 15) is 14.7 Å². The summed E-state index contributed by atoms with van der Waals surface area (Å²) in [5.41, 5.74) is -0.798. The van der Waals surface area contributed by atoms with Crippen molar-refractivity contribution in [2.75, 3.05) is 26.4 Å². The van der Waals surface area contributed by atoms with Crippen molar-refractivity contribution in [2.45, 2.75) is 123 Å². The van der Waals surface area contributed by atoms with Crippen LogP contribution in [0.15, 0.2) is 0 Å². The molecule has 0 aliphatic carbocycles. The summed E-state index contributed by atoms with van der Waals surface area (Å²) in [5.74, 6) is -1.49. The summed E-state index contributed by atoms with van der Waals surface area (Å²) < 4.78 is 11.6. The Morgan fingerprint density at radius 2 is 1.06 bits per heavy atom. The molecule has 6 nitrogen and oxygen atoms in total. The first-order chi connectivity index (χ1) is 15.5. The maximum absolute atomic E-state index is 12.3. The predicted molar refractivity (Wildman–Crippen MR) is 129 cm³/mol. The van der Waals surface area contributed by atoms with Crippen molar-refractivity contribution in [2.24, 2.45) is 5.41 Å². The van der Waals surface area contributed by atoms with E-state index in [1.54, 1.807) is 0 Å². The molecular weight excluding hydrogens is 408 g/mol. The largest absolute Gasteiger partial charge is 0.481 e. The Hall–Kier alpha value is -1.14. The van der Waals surface area contributed by atoms with Crippen LogP contribution in [0.25, 0.3) is 0 Å². The van der Waals surface area contributed by atoms with Gasteiger partial charge in [0.25, 0.3) is 0 Å². The molecule has 0 aromatic rings. The second kappa shape index (κ2) is 21.7. The molecule has 0 saturated carbocycles. The Morgan fingerprint density at radius 1 is 0.594 bits per heavy atom. The minimum absolute atomic E-state index is 0.213. The number of rotatable bonds is 25. The summed E-state index contributed by atoms with van der Waals surface area (Å²) in [7, 11) is 0. The lowest BCUT2D eigenvalue weighted by Crippen LogP contribution is -2.34. The van der Waals surface area contributed by atoms with Crippen LogP contribution >= 0.6 is 0 Å². The van der Waals surface area contributed by atoms with Gasteiger partial charge in [0.2, 0.25) is 0 Å². The summed E-state index contributed by atoms with van der Waals surface area (Å²) in [4.78, 5) is 22.9. The first-order valence-corrected chi connectivity index (χ1v) is 13.1. The number of hydrogen-bond donors (Lipinski definition) is 2. The van der Waals surface area contributed by atoms with Gasteiger partial charge in [-0.25, -0.2) is 0 Å². The number of carbonyl (C=O) groups is 2. The van der Waals surface area contributed by atoms with Crippen molar-refractivity contribution >= 4 is 11.9 Å². The number of hydrogen-bond acceptors (Lipinski definition) is 4. The fraction of sp³-hybridized carbons (Fsp3) is 0.923. The molecular formula is C26H50O6. The van der Waals surface area contributed by atoms with E-state index in [0.29, 0.717) is 52.1 Å². The van der Waals surface area contributed by atoms with Gasteiger partial charge >= 0.3 is 11.9 Å². The molecule has 0 aromatic heterocycles. The molecule has 0 aliphatic heterocycles. The lowest BCUT2D eigenvalue weighted by Gasteiger charge is -2.29. The molecule has 2 N–H and O–H groups in total. The molecule has 0 atom stereocenters. The Bertz CT molecular complexity index is 434. The highest BCUT2D eigenvalue weighted by molar-refractivity contribution is 5.74. The van der Waals surface area contributed by atoms with Crippen molar-refractivity contribution in [3.05, 3.63) is 0 Å². The zero-order valence-corrected chi connectivity index (χ0v) is 20.9. The van der Waals surface area contributed by atoms with Crippen molar-refractivity contribution < 1.29 is 29.3 Å². The van der Waals surface area contributed by atoms with E-state index in [4.69, 9.17) is 14.6 Å². The summed E-state index contributed by atoms with van der Waals surface area (Å²) >= 11 is 0.